The largest absolute Gasteiger partial charge is 0.476 e. The summed E-state index contributed by atoms with van der Waals surface area (Å²) in [5.74, 6) is -0.297. The molecule has 0 unspecified atom stereocenters. The second-order valence-corrected chi connectivity index (χ2v) is 4.25. The van der Waals surface area contributed by atoms with Crippen molar-refractivity contribution in [2.75, 3.05) is 0 Å². The maximum absolute atomic E-state index is 10.6. The molecule has 2 heterocycles. The molecular weight excluding hydrogens is 242 g/mol. The van der Waals surface area contributed by atoms with Crippen molar-refractivity contribution in [3.8, 4) is 0 Å². The molecule has 0 aliphatic rings. The molecule has 0 aromatic carbocycles. The summed E-state index contributed by atoms with van der Waals surface area (Å²) in [5.41, 5.74) is 0.711. The SMILES string of the molecule is Cn1cnc(CNCc2csc(C(=O)O)n2)n1. The van der Waals surface area contributed by atoms with Crippen LogP contribution in [0.1, 0.15) is 21.3 Å². The number of thiazole rings is 1. The Kier molecular flexibility index (Phi) is 3.45. The molecule has 2 rings (SSSR count). The number of carboxylic acids is 1. The Morgan fingerprint density at radius 2 is 2.41 bits per heavy atom. The molecule has 0 aliphatic carbocycles. The van der Waals surface area contributed by atoms with E-state index in [0.29, 0.717) is 24.6 Å². The number of aryl methyl sites for hydroxylation is 1. The smallest absolute Gasteiger partial charge is 0.365 e. The topological polar surface area (TPSA) is 92.9 Å². The second kappa shape index (κ2) is 5.02. The molecule has 0 bridgehead atoms. The van der Waals surface area contributed by atoms with E-state index in [-0.39, 0.29) is 5.01 Å². The monoisotopic (exact) mass is 253 g/mol. The van der Waals surface area contributed by atoms with Gasteiger partial charge in [-0.25, -0.2) is 14.8 Å². The Labute approximate surface area is 101 Å². The summed E-state index contributed by atoms with van der Waals surface area (Å²) in [6, 6.07) is 0. The van der Waals surface area contributed by atoms with E-state index in [4.69, 9.17) is 5.11 Å². The third kappa shape index (κ3) is 3.08. The molecule has 90 valence electrons. The third-order valence-corrected chi connectivity index (χ3v) is 2.85. The van der Waals surface area contributed by atoms with Gasteiger partial charge in [0.05, 0.1) is 12.2 Å². The van der Waals surface area contributed by atoms with E-state index in [1.54, 1.807) is 23.4 Å². The quantitative estimate of drug-likeness (QED) is 0.794. The predicted molar refractivity (Wildman–Crippen MR) is 60.6 cm³/mol. The van der Waals surface area contributed by atoms with E-state index >= 15 is 0 Å². The van der Waals surface area contributed by atoms with Crippen LogP contribution in [-0.2, 0) is 20.1 Å². The fraction of sp³-hybridized carbons (Fsp3) is 0.333. The third-order valence-electron chi connectivity index (χ3n) is 1.97. The van der Waals surface area contributed by atoms with Gasteiger partial charge in [0.25, 0.3) is 0 Å². The van der Waals surface area contributed by atoms with Crippen molar-refractivity contribution in [3.05, 3.63) is 28.2 Å². The van der Waals surface area contributed by atoms with Gasteiger partial charge in [0.1, 0.15) is 6.33 Å². The molecule has 0 saturated heterocycles. The lowest BCUT2D eigenvalue weighted by Crippen LogP contribution is -2.14. The first-order valence-electron chi connectivity index (χ1n) is 4.88. The van der Waals surface area contributed by atoms with Gasteiger partial charge in [-0.2, -0.15) is 5.10 Å². The minimum Gasteiger partial charge on any atom is -0.476 e. The number of aromatic carboxylic acids is 1. The van der Waals surface area contributed by atoms with Crippen LogP contribution < -0.4 is 5.32 Å². The molecule has 0 aliphatic heterocycles. The predicted octanol–water partition coefficient (Wildman–Crippen LogP) is 0.260. The van der Waals surface area contributed by atoms with Crippen molar-refractivity contribution in [2.45, 2.75) is 13.1 Å². The molecule has 2 aromatic heterocycles. The van der Waals surface area contributed by atoms with E-state index in [0.717, 1.165) is 11.3 Å². The molecule has 2 aromatic rings. The van der Waals surface area contributed by atoms with E-state index < -0.39 is 5.97 Å². The highest BCUT2D eigenvalue weighted by Gasteiger charge is 2.08. The highest BCUT2D eigenvalue weighted by molar-refractivity contribution is 7.11. The van der Waals surface area contributed by atoms with Gasteiger partial charge < -0.3 is 10.4 Å². The van der Waals surface area contributed by atoms with Crippen LogP contribution in [0.15, 0.2) is 11.7 Å². The van der Waals surface area contributed by atoms with Crippen LogP contribution in [0.2, 0.25) is 0 Å². The van der Waals surface area contributed by atoms with Crippen molar-refractivity contribution >= 4 is 17.3 Å². The summed E-state index contributed by atoms with van der Waals surface area (Å²) in [6.07, 6.45) is 1.63. The van der Waals surface area contributed by atoms with Crippen molar-refractivity contribution in [2.24, 2.45) is 7.05 Å². The molecule has 0 fully saturated rings. The lowest BCUT2D eigenvalue weighted by molar-refractivity contribution is 0.0696. The first kappa shape index (κ1) is 11.7. The summed E-state index contributed by atoms with van der Waals surface area (Å²) < 4.78 is 1.63. The summed E-state index contributed by atoms with van der Waals surface area (Å²) in [5, 5.41) is 17.7. The number of carbonyl (C=O) groups is 1. The van der Waals surface area contributed by atoms with Gasteiger partial charge in [0.2, 0.25) is 5.01 Å². The lowest BCUT2D eigenvalue weighted by atomic mass is 10.4. The van der Waals surface area contributed by atoms with Gasteiger partial charge in [-0.05, 0) is 0 Å². The van der Waals surface area contributed by atoms with Gasteiger partial charge in [-0.15, -0.1) is 11.3 Å². The molecule has 8 heteroatoms. The molecule has 0 radical (unpaired) electrons. The average molecular weight is 253 g/mol. The number of nitrogens with zero attached hydrogens (tertiary/aromatic N) is 4. The van der Waals surface area contributed by atoms with Gasteiger partial charge in [-0.1, -0.05) is 0 Å². The second-order valence-electron chi connectivity index (χ2n) is 3.39. The van der Waals surface area contributed by atoms with Gasteiger partial charge in [0, 0.05) is 19.0 Å². The van der Waals surface area contributed by atoms with Crippen LogP contribution in [0.4, 0.5) is 0 Å². The van der Waals surface area contributed by atoms with Crippen molar-refractivity contribution in [3.63, 3.8) is 0 Å². The van der Waals surface area contributed by atoms with Crippen molar-refractivity contribution in [1.82, 2.24) is 25.1 Å². The van der Waals surface area contributed by atoms with Crippen LogP contribution in [0, 0.1) is 0 Å². The number of rotatable bonds is 5. The summed E-state index contributed by atoms with van der Waals surface area (Å²) in [4.78, 5) is 18.6. The molecule has 0 saturated carbocycles. The normalized spacial score (nSPS) is 10.6. The van der Waals surface area contributed by atoms with Crippen LogP contribution in [0.3, 0.4) is 0 Å². The minimum atomic E-state index is -0.993. The molecule has 0 atom stereocenters. The minimum absolute atomic E-state index is 0.109. The lowest BCUT2D eigenvalue weighted by Gasteiger charge is -1.97. The maximum Gasteiger partial charge on any atom is 0.365 e. The van der Waals surface area contributed by atoms with Gasteiger partial charge in [-0.3, -0.25) is 4.68 Å². The Hall–Kier alpha value is -1.80. The van der Waals surface area contributed by atoms with E-state index in [2.05, 4.69) is 20.4 Å². The zero-order valence-corrected chi connectivity index (χ0v) is 9.94. The van der Waals surface area contributed by atoms with Crippen molar-refractivity contribution in [1.29, 1.82) is 0 Å². The number of hydrogen-bond acceptors (Lipinski definition) is 6. The van der Waals surface area contributed by atoms with Crippen LogP contribution in [-0.4, -0.2) is 30.8 Å². The molecule has 2 N–H and O–H groups in total. The van der Waals surface area contributed by atoms with Crippen LogP contribution >= 0.6 is 11.3 Å². The average Bonchev–Trinajstić information content (AvgIpc) is 2.88. The summed E-state index contributed by atoms with van der Waals surface area (Å²) >= 11 is 1.12. The number of nitrogens with one attached hydrogen (secondary N) is 1. The molecule has 0 spiro atoms. The van der Waals surface area contributed by atoms with Gasteiger partial charge in [0.15, 0.2) is 5.82 Å². The van der Waals surface area contributed by atoms with Crippen molar-refractivity contribution < 1.29 is 9.90 Å². The standard InChI is InChI=1S/C9H11N5O2S/c1-14-5-11-7(13-14)3-10-2-6-4-17-8(12-6)9(15)16/h4-5,10H,2-3H2,1H3,(H,15,16). The molecule has 7 nitrogen and oxygen atoms in total. The first-order chi connectivity index (χ1) is 8.15. The Morgan fingerprint density at radius 1 is 1.59 bits per heavy atom. The Bertz CT molecular complexity index is 521. The molecule has 0 amide bonds. The Balaban J connectivity index is 1.83. The van der Waals surface area contributed by atoms with Gasteiger partial charge >= 0.3 is 5.97 Å². The van der Waals surface area contributed by atoms with E-state index in [1.165, 1.54) is 0 Å². The summed E-state index contributed by atoms with van der Waals surface area (Å²) in [6.45, 7) is 1.03. The zero-order valence-electron chi connectivity index (χ0n) is 9.12. The Morgan fingerprint density at radius 3 is 3.00 bits per heavy atom. The first-order valence-corrected chi connectivity index (χ1v) is 5.76. The highest BCUT2D eigenvalue weighted by Crippen LogP contribution is 2.09. The zero-order chi connectivity index (χ0) is 12.3. The maximum atomic E-state index is 10.6. The van der Waals surface area contributed by atoms with E-state index in [1.807, 2.05) is 0 Å². The number of aromatic nitrogens is 4. The fourth-order valence-corrected chi connectivity index (χ4v) is 1.91. The van der Waals surface area contributed by atoms with Crippen LogP contribution in [0.25, 0.3) is 0 Å². The van der Waals surface area contributed by atoms with Crippen LogP contribution in [0.5, 0.6) is 0 Å². The number of hydrogen-bond donors (Lipinski definition) is 2. The fourth-order valence-electron chi connectivity index (χ4n) is 1.25. The summed E-state index contributed by atoms with van der Waals surface area (Å²) in [7, 11) is 1.80. The number of carboxylic acid groups (broad SMARTS) is 1. The van der Waals surface area contributed by atoms with E-state index in [9.17, 15) is 4.79 Å². The highest BCUT2D eigenvalue weighted by atomic mass is 32.1. The molecule has 17 heavy (non-hydrogen) atoms. The molecular formula is C9H11N5O2S.